The second kappa shape index (κ2) is 6.67. The largest absolute Gasteiger partial charge is 0.378 e. The molecule has 0 N–H and O–H groups in total. The van der Waals surface area contributed by atoms with Crippen LogP contribution in [0, 0.1) is 0 Å². The van der Waals surface area contributed by atoms with Gasteiger partial charge in [0, 0.05) is 29.7 Å². The summed E-state index contributed by atoms with van der Waals surface area (Å²) in [6.07, 6.45) is 5.31. The second-order valence-electron chi connectivity index (χ2n) is 7.19. The van der Waals surface area contributed by atoms with Gasteiger partial charge in [0.05, 0.1) is 24.8 Å². The van der Waals surface area contributed by atoms with Gasteiger partial charge < -0.3 is 4.74 Å². The molecule has 2 atom stereocenters. The summed E-state index contributed by atoms with van der Waals surface area (Å²) >= 11 is 0. The van der Waals surface area contributed by atoms with Gasteiger partial charge in [-0.3, -0.25) is 9.88 Å². The first-order valence-electron chi connectivity index (χ1n) is 9.31. The number of nitrogens with zero attached hydrogens (tertiary/aromatic N) is 2. The Balaban J connectivity index is 1.50. The average Bonchev–Trinajstić information content (AvgIpc) is 2.68. The predicted molar refractivity (Wildman–Crippen MR) is 105 cm³/mol. The molecule has 1 aromatic heterocycles. The first-order chi connectivity index (χ1) is 12.9. The molecule has 0 spiro atoms. The number of morpholine rings is 1. The maximum atomic E-state index is 5.87. The van der Waals surface area contributed by atoms with Gasteiger partial charge in [-0.2, -0.15) is 0 Å². The Kier molecular flexibility index (Phi) is 4.04. The average molecular weight is 342 g/mol. The van der Waals surface area contributed by atoms with E-state index < -0.39 is 0 Å². The highest BCUT2D eigenvalue weighted by atomic mass is 16.5. The molecule has 2 aliphatic rings. The smallest absolute Gasteiger partial charge is 0.0776 e. The number of pyridine rings is 1. The fourth-order valence-electron chi connectivity index (χ4n) is 4.26. The van der Waals surface area contributed by atoms with E-state index >= 15 is 0 Å². The number of ether oxygens (including phenoxy) is 1. The minimum atomic E-state index is 0.330. The summed E-state index contributed by atoms with van der Waals surface area (Å²) in [7, 11) is 0. The molecule has 0 saturated carbocycles. The van der Waals surface area contributed by atoms with Crippen molar-refractivity contribution in [2.45, 2.75) is 25.0 Å². The third kappa shape index (κ3) is 2.83. The molecule has 2 aromatic carbocycles. The lowest BCUT2D eigenvalue weighted by Crippen LogP contribution is -2.53. The van der Waals surface area contributed by atoms with Gasteiger partial charge >= 0.3 is 0 Å². The standard InChI is InChI=1S/C23H22N2O/c1-2-6-17(7-3-1)14-25-20-12-19(13-21(25)16-26-15-20)22-10-4-8-18-9-5-11-24-23(18)22/h1-12,20-21H,13-16H2. The molecule has 130 valence electrons. The molecular weight excluding hydrogens is 320 g/mol. The van der Waals surface area contributed by atoms with Crippen LogP contribution in [0.5, 0.6) is 0 Å². The van der Waals surface area contributed by atoms with Gasteiger partial charge in [0.15, 0.2) is 0 Å². The van der Waals surface area contributed by atoms with Crippen molar-refractivity contribution in [2.75, 3.05) is 13.2 Å². The van der Waals surface area contributed by atoms with Crippen LogP contribution in [0.25, 0.3) is 16.5 Å². The Morgan fingerprint density at radius 2 is 1.85 bits per heavy atom. The van der Waals surface area contributed by atoms with Crippen LogP contribution in [-0.4, -0.2) is 35.2 Å². The Morgan fingerprint density at radius 3 is 2.73 bits per heavy atom. The molecule has 0 amide bonds. The van der Waals surface area contributed by atoms with Crippen LogP contribution in [0.2, 0.25) is 0 Å². The molecule has 1 fully saturated rings. The van der Waals surface area contributed by atoms with Crippen molar-refractivity contribution >= 4 is 16.5 Å². The van der Waals surface area contributed by atoms with Crippen molar-refractivity contribution < 1.29 is 4.74 Å². The van der Waals surface area contributed by atoms with Gasteiger partial charge in [0.1, 0.15) is 0 Å². The summed E-state index contributed by atoms with van der Waals surface area (Å²) in [6.45, 7) is 2.56. The zero-order chi connectivity index (χ0) is 17.3. The highest BCUT2D eigenvalue weighted by Crippen LogP contribution is 2.35. The number of hydrogen-bond donors (Lipinski definition) is 0. The first kappa shape index (κ1) is 15.7. The third-order valence-corrected chi connectivity index (χ3v) is 5.53. The van der Waals surface area contributed by atoms with E-state index in [0.717, 1.165) is 31.7 Å². The van der Waals surface area contributed by atoms with E-state index in [0.29, 0.717) is 12.1 Å². The summed E-state index contributed by atoms with van der Waals surface area (Å²) in [5.74, 6) is 0. The van der Waals surface area contributed by atoms with Crippen molar-refractivity contribution in [3.63, 3.8) is 0 Å². The molecule has 5 rings (SSSR count). The van der Waals surface area contributed by atoms with Gasteiger partial charge in [0.25, 0.3) is 0 Å². The van der Waals surface area contributed by atoms with Gasteiger partial charge in [-0.15, -0.1) is 0 Å². The monoisotopic (exact) mass is 342 g/mol. The molecule has 0 aliphatic carbocycles. The van der Waals surface area contributed by atoms with Crippen molar-refractivity contribution in [3.8, 4) is 0 Å². The molecule has 2 aliphatic heterocycles. The SMILES string of the molecule is C1=C(c2cccc3cccnc23)CC2COCC1N2Cc1ccccc1. The number of benzene rings is 2. The van der Waals surface area contributed by atoms with E-state index in [4.69, 9.17) is 4.74 Å². The molecule has 0 radical (unpaired) electrons. The number of para-hydroxylation sites is 1. The Bertz CT molecular complexity index is 945. The van der Waals surface area contributed by atoms with Gasteiger partial charge in [-0.1, -0.05) is 60.7 Å². The topological polar surface area (TPSA) is 25.4 Å². The lowest BCUT2D eigenvalue weighted by molar-refractivity contribution is -0.0402. The van der Waals surface area contributed by atoms with Crippen LogP contribution in [0.15, 0.2) is 72.9 Å². The molecule has 2 bridgehead atoms. The van der Waals surface area contributed by atoms with Crippen molar-refractivity contribution in [1.29, 1.82) is 0 Å². The second-order valence-corrected chi connectivity index (χ2v) is 7.19. The highest BCUT2D eigenvalue weighted by Gasteiger charge is 2.35. The van der Waals surface area contributed by atoms with Gasteiger partial charge in [0.2, 0.25) is 0 Å². The van der Waals surface area contributed by atoms with Crippen LogP contribution in [-0.2, 0) is 11.3 Å². The molecule has 3 heterocycles. The molecule has 3 heteroatoms. The first-order valence-corrected chi connectivity index (χ1v) is 9.31. The minimum Gasteiger partial charge on any atom is -0.378 e. The number of hydrogen-bond acceptors (Lipinski definition) is 3. The van der Waals surface area contributed by atoms with Gasteiger partial charge in [-0.05, 0) is 23.6 Å². The number of fused-ring (bicyclic) bond motifs is 3. The predicted octanol–water partition coefficient (Wildman–Crippen LogP) is 4.29. The van der Waals surface area contributed by atoms with Gasteiger partial charge in [-0.25, -0.2) is 0 Å². The summed E-state index contributed by atoms with van der Waals surface area (Å²) in [5.41, 5.74) is 5.17. The molecule has 2 unspecified atom stereocenters. The fraction of sp³-hybridized carbons (Fsp3) is 0.261. The lowest BCUT2D eigenvalue weighted by Gasteiger charge is -2.45. The highest BCUT2D eigenvalue weighted by molar-refractivity contribution is 5.91. The van der Waals surface area contributed by atoms with E-state index in [2.05, 4.69) is 70.6 Å². The Hall–Kier alpha value is -2.49. The van der Waals surface area contributed by atoms with E-state index in [-0.39, 0.29) is 0 Å². The number of rotatable bonds is 3. The van der Waals surface area contributed by atoms with Crippen molar-refractivity contribution in [1.82, 2.24) is 9.88 Å². The minimum absolute atomic E-state index is 0.330. The van der Waals surface area contributed by atoms with Crippen molar-refractivity contribution in [2.24, 2.45) is 0 Å². The third-order valence-electron chi connectivity index (χ3n) is 5.53. The Morgan fingerprint density at radius 1 is 0.962 bits per heavy atom. The molecule has 1 saturated heterocycles. The van der Waals surface area contributed by atoms with E-state index in [1.807, 2.05) is 12.3 Å². The summed E-state index contributed by atoms with van der Waals surface area (Å²) in [4.78, 5) is 7.25. The Labute approximate surface area is 153 Å². The molecule has 26 heavy (non-hydrogen) atoms. The van der Waals surface area contributed by atoms with E-state index in [1.54, 1.807) is 0 Å². The lowest BCUT2D eigenvalue weighted by atomic mass is 9.88. The summed E-state index contributed by atoms with van der Waals surface area (Å²) in [6, 6.07) is 22.1. The van der Waals surface area contributed by atoms with Crippen molar-refractivity contribution in [3.05, 3.63) is 84.1 Å². The molecule has 3 aromatic rings. The maximum absolute atomic E-state index is 5.87. The van der Waals surface area contributed by atoms with Crippen LogP contribution < -0.4 is 0 Å². The van der Waals surface area contributed by atoms with Crippen LogP contribution >= 0.6 is 0 Å². The van der Waals surface area contributed by atoms with Crippen LogP contribution in [0.3, 0.4) is 0 Å². The van der Waals surface area contributed by atoms with Crippen LogP contribution in [0.4, 0.5) is 0 Å². The maximum Gasteiger partial charge on any atom is 0.0776 e. The molecular formula is C23H22N2O. The quantitative estimate of drug-likeness (QED) is 0.710. The summed E-state index contributed by atoms with van der Waals surface area (Å²) in [5, 5.41) is 1.21. The fourth-order valence-corrected chi connectivity index (χ4v) is 4.26. The zero-order valence-electron chi connectivity index (χ0n) is 14.7. The molecule has 3 nitrogen and oxygen atoms in total. The number of aromatic nitrogens is 1. The van der Waals surface area contributed by atoms with E-state index in [9.17, 15) is 0 Å². The van der Waals surface area contributed by atoms with Crippen LogP contribution in [0.1, 0.15) is 17.5 Å². The summed E-state index contributed by atoms with van der Waals surface area (Å²) < 4.78 is 5.87. The zero-order valence-corrected chi connectivity index (χ0v) is 14.7. The van der Waals surface area contributed by atoms with E-state index in [1.165, 1.54) is 22.1 Å². The normalized spacial score (nSPS) is 23.0.